The lowest BCUT2D eigenvalue weighted by Gasteiger charge is -2.33. The van der Waals surface area contributed by atoms with E-state index in [1.165, 1.54) is 0 Å². The van der Waals surface area contributed by atoms with Crippen LogP contribution in [0.3, 0.4) is 0 Å². The molecule has 0 saturated carbocycles. The predicted molar refractivity (Wildman–Crippen MR) is 114 cm³/mol. The molecule has 1 aromatic carbocycles. The number of rotatable bonds is 4. The zero-order chi connectivity index (χ0) is 20.9. The van der Waals surface area contributed by atoms with Crippen molar-refractivity contribution in [1.29, 1.82) is 0 Å². The molecule has 2 amide bonds. The van der Waals surface area contributed by atoms with Crippen molar-refractivity contribution in [3.05, 3.63) is 48.8 Å². The molecule has 0 aliphatic carbocycles. The minimum Gasteiger partial charge on any atom is -0.444 e. The summed E-state index contributed by atoms with van der Waals surface area (Å²) in [5.74, 6) is -0.121. The fourth-order valence-corrected chi connectivity index (χ4v) is 3.97. The highest BCUT2D eigenvalue weighted by molar-refractivity contribution is 7.99. The van der Waals surface area contributed by atoms with Crippen molar-refractivity contribution < 1.29 is 14.3 Å². The molecular weight excluding hydrogens is 386 g/mol. The summed E-state index contributed by atoms with van der Waals surface area (Å²) in [7, 11) is 0. The van der Waals surface area contributed by atoms with Gasteiger partial charge in [0, 0.05) is 41.2 Å². The van der Waals surface area contributed by atoms with Crippen LogP contribution >= 0.6 is 11.8 Å². The number of hydrogen-bond acceptors (Lipinski definition) is 5. The normalized spacial score (nSPS) is 15.1. The van der Waals surface area contributed by atoms with Crippen LogP contribution in [0.1, 0.15) is 33.6 Å². The van der Waals surface area contributed by atoms with Gasteiger partial charge in [-0.1, -0.05) is 23.9 Å². The first-order chi connectivity index (χ1) is 13.8. The average Bonchev–Trinajstić information content (AvgIpc) is 2.69. The van der Waals surface area contributed by atoms with Gasteiger partial charge in [-0.05, 0) is 57.9 Å². The number of likely N-dealkylation sites (tertiary alicyclic amines) is 1. The monoisotopic (exact) mass is 413 g/mol. The topological polar surface area (TPSA) is 71.5 Å². The smallest absolute Gasteiger partial charge is 0.410 e. The Labute approximate surface area is 176 Å². The fourth-order valence-electron chi connectivity index (χ4n) is 3.08. The molecule has 0 radical (unpaired) electrons. The number of aromatic nitrogens is 1. The summed E-state index contributed by atoms with van der Waals surface area (Å²) in [4.78, 5) is 32.8. The van der Waals surface area contributed by atoms with E-state index in [1.807, 2.05) is 57.2 Å². The molecule has 7 heteroatoms. The van der Waals surface area contributed by atoms with Crippen LogP contribution in [0, 0.1) is 5.92 Å². The number of benzene rings is 1. The van der Waals surface area contributed by atoms with E-state index in [9.17, 15) is 9.59 Å². The summed E-state index contributed by atoms with van der Waals surface area (Å²) in [6.07, 6.45) is 4.45. The van der Waals surface area contributed by atoms with Gasteiger partial charge < -0.3 is 15.0 Å². The zero-order valence-corrected chi connectivity index (χ0v) is 17.9. The van der Waals surface area contributed by atoms with Crippen molar-refractivity contribution in [3.63, 3.8) is 0 Å². The van der Waals surface area contributed by atoms with Crippen LogP contribution in [0.15, 0.2) is 58.6 Å². The molecule has 6 nitrogen and oxygen atoms in total. The van der Waals surface area contributed by atoms with Crippen molar-refractivity contribution in [2.75, 3.05) is 18.4 Å². The molecule has 154 valence electrons. The van der Waals surface area contributed by atoms with Gasteiger partial charge in [-0.3, -0.25) is 9.78 Å². The predicted octanol–water partition coefficient (Wildman–Crippen LogP) is 4.82. The third-order valence-electron chi connectivity index (χ3n) is 4.54. The number of ether oxygens (including phenoxy) is 1. The standard InChI is InChI=1S/C22H27N3O3S/c1-22(2,3)28-21(27)25-14-10-16(11-15-25)20(26)24-18-6-4-5-7-19(18)29-17-8-12-23-13-9-17/h4-9,12-13,16H,10-11,14-15H2,1-3H3,(H,24,26). The number of pyridine rings is 1. The fraction of sp³-hybridized carbons (Fsp3) is 0.409. The summed E-state index contributed by atoms with van der Waals surface area (Å²) in [6, 6.07) is 11.7. The molecule has 2 aromatic rings. The van der Waals surface area contributed by atoms with Gasteiger partial charge in [0.25, 0.3) is 0 Å². The SMILES string of the molecule is CC(C)(C)OC(=O)N1CCC(C(=O)Nc2ccccc2Sc2ccncc2)CC1. The van der Waals surface area contributed by atoms with Crippen LogP contribution in [-0.2, 0) is 9.53 Å². The first-order valence-corrected chi connectivity index (χ1v) is 10.6. The van der Waals surface area contributed by atoms with E-state index in [0.717, 1.165) is 15.5 Å². The Hall–Kier alpha value is -2.54. The maximum atomic E-state index is 12.8. The highest BCUT2D eigenvalue weighted by Crippen LogP contribution is 2.33. The number of nitrogens with zero attached hydrogens (tertiary/aromatic N) is 2. The number of carbonyl (C=O) groups is 2. The lowest BCUT2D eigenvalue weighted by Crippen LogP contribution is -2.43. The lowest BCUT2D eigenvalue weighted by atomic mass is 9.96. The second-order valence-electron chi connectivity index (χ2n) is 8.01. The van der Waals surface area contributed by atoms with Crippen LogP contribution in [0.25, 0.3) is 0 Å². The van der Waals surface area contributed by atoms with Crippen LogP contribution in [0.2, 0.25) is 0 Å². The van der Waals surface area contributed by atoms with E-state index < -0.39 is 5.60 Å². The van der Waals surface area contributed by atoms with Crippen molar-refractivity contribution in [3.8, 4) is 0 Å². The summed E-state index contributed by atoms with van der Waals surface area (Å²) < 4.78 is 5.42. The number of amides is 2. The molecule has 29 heavy (non-hydrogen) atoms. The number of anilines is 1. The van der Waals surface area contributed by atoms with Gasteiger partial charge in [0.15, 0.2) is 0 Å². The molecule has 1 aromatic heterocycles. The minimum atomic E-state index is -0.512. The third kappa shape index (κ3) is 6.22. The van der Waals surface area contributed by atoms with E-state index in [4.69, 9.17) is 4.74 Å². The molecule has 0 spiro atoms. The second-order valence-corrected chi connectivity index (χ2v) is 9.13. The van der Waals surface area contributed by atoms with Crippen molar-refractivity contribution in [2.24, 2.45) is 5.92 Å². The Bertz CT molecular complexity index is 844. The van der Waals surface area contributed by atoms with E-state index in [1.54, 1.807) is 29.1 Å². The summed E-state index contributed by atoms with van der Waals surface area (Å²) >= 11 is 1.59. The van der Waals surface area contributed by atoms with Gasteiger partial charge in [-0.25, -0.2) is 4.79 Å². The van der Waals surface area contributed by atoms with Crippen LogP contribution in [0.5, 0.6) is 0 Å². The van der Waals surface area contributed by atoms with Gasteiger partial charge in [-0.2, -0.15) is 0 Å². The molecular formula is C22H27N3O3S. The van der Waals surface area contributed by atoms with E-state index >= 15 is 0 Å². The summed E-state index contributed by atoms with van der Waals surface area (Å²) in [6.45, 7) is 6.62. The van der Waals surface area contributed by atoms with Crippen LogP contribution in [-0.4, -0.2) is 40.6 Å². The maximum Gasteiger partial charge on any atom is 0.410 e. The zero-order valence-electron chi connectivity index (χ0n) is 17.1. The number of piperidine rings is 1. The number of nitrogens with one attached hydrogen (secondary N) is 1. The molecule has 1 aliphatic heterocycles. The lowest BCUT2D eigenvalue weighted by molar-refractivity contribution is -0.121. The highest BCUT2D eigenvalue weighted by Gasteiger charge is 2.30. The molecule has 1 N–H and O–H groups in total. The Morgan fingerprint density at radius 3 is 2.41 bits per heavy atom. The summed E-state index contributed by atoms with van der Waals surface area (Å²) in [5, 5.41) is 3.07. The van der Waals surface area contributed by atoms with E-state index in [-0.39, 0.29) is 17.9 Å². The minimum absolute atomic E-state index is 0.00313. The van der Waals surface area contributed by atoms with Gasteiger partial charge in [0.2, 0.25) is 5.91 Å². The molecule has 1 aliphatic rings. The quantitative estimate of drug-likeness (QED) is 0.778. The number of hydrogen-bond donors (Lipinski definition) is 1. The Balaban J connectivity index is 1.57. The molecule has 0 unspecified atom stereocenters. The largest absolute Gasteiger partial charge is 0.444 e. The van der Waals surface area contributed by atoms with E-state index in [0.29, 0.717) is 25.9 Å². The molecule has 2 heterocycles. The first kappa shape index (κ1) is 21.2. The van der Waals surface area contributed by atoms with Crippen LogP contribution in [0.4, 0.5) is 10.5 Å². The number of para-hydroxylation sites is 1. The Morgan fingerprint density at radius 1 is 1.10 bits per heavy atom. The Morgan fingerprint density at radius 2 is 1.76 bits per heavy atom. The van der Waals surface area contributed by atoms with Crippen molar-refractivity contribution in [1.82, 2.24) is 9.88 Å². The second kappa shape index (κ2) is 9.31. The molecule has 0 bridgehead atoms. The Kier molecular flexibility index (Phi) is 6.79. The average molecular weight is 414 g/mol. The van der Waals surface area contributed by atoms with Gasteiger partial charge in [0.05, 0.1) is 5.69 Å². The third-order valence-corrected chi connectivity index (χ3v) is 5.62. The van der Waals surface area contributed by atoms with E-state index in [2.05, 4.69) is 10.3 Å². The summed E-state index contributed by atoms with van der Waals surface area (Å²) in [5.41, 5.74) is 0.287. The first-order valence-electron chi connectivity index (χ1n) is 9.77. The molecule has 1 saturated heterocycles. The van der Waals surface area contributed by atoms with Gasteiger partial charge >= 0.3 is 6.09 Å². The van der Waals surface area contributed by atoms with Crippen molar-refractivity contribution in [2.45, 2.75) is 49.0 Å². The van der Waals surface area contributed by atoms with Crippen LogP contribution < -0.4 is 5.32 Å². The molecule has 1 fully saturated rings. The molecule has 3 rings (SSSR count). The molecule has 0 atom stereocenters. The number of carbonyl (C=O) groups excluding carboxylic acids is 2. The maximum absolute atomic E-state index is 12.8. The van der Waals surface area contributed by atoms with Gasteiger partial charge in [0.1, 0.15) is 5.60 Å². The van der Waals surface area contributed by atoms with Gasteiger partial charge in [-0.15, -0.1) is 0 Å². The highest BCUT2D eigenvalue weighted by atomic mass is 32.2. The van der Waals surface area contributed by atoms with Crippen molar-refractivity contribution >= 4 is 29.4 Å².